The first kappa shape index (κ1) is 7.75. The zero-order chi connectivity index (χ0) is 7.11. The molecule has 0 atom stereocenters. The van der Waals surface area contributed by atoms with Crippen molar-refractivity contribution in [3.63, 3.8) is 0 Å². The van der Waals surface area contributed by atoms with Gasteiger partial charge < -0.3 is 0 Å². The smallest absolute Gasteiger partial charge is 0.295 e. The van der Waals surface area contributed by atoms with Gasteiger partial charge in [0.05, 0.1) is 0 Å². The normalized spacial score (nSPS) is 9.00. The molecule has 0 aliphatic heterocycles. The number of allylic oxidation sites excluding steroid dienone is 2. The second-order valence-corrected chi connectivity index (χ2v) is 1.24. The van der Waals surface area contributed by atoms with Crippen molar-refractivity contribution in [2.75, 3.05) is 0 Å². The highest BCUT2D eigenvalue weighted by Gasteiger charge is 1.86. The third kappa shape index (κ3) is 6.75. The summed E-state index contributed by atoms with van der Waals surface area (Å²) in [5, 5.41) is 0. The quantitative estimate of drug-likeness (QED) is 0.248. The van der Waals surface area contributed by atoms with Gasteiger partial charge in [-0.3, -0.25) is 9.78 Å². The zero-order valence-electron chi connectivity index (χ0n) is 5.16. The van der Waals surface area contributed by atoms with Crippen molar-refractivity contribution in [1.29, 1.82) is 0 Å². The Morgan fingerprint density at radius 2 is 2.33 bits per heavy atom. The zero-order valence-corrected chi connectivity index (χ0v) is 5.16. The van der Waals surface area contributed by atoms with Crippen molar-refractivity contribution in [2.24, 2.45) is 0 Å². The minimum Gasteiger partial charge on any atom is -0.295 e. The van der Waals surface area contributed by atoms with Crippen LogP contribution in [0.4, 0.5) is 0 Å². The molecule has 3 nitrogen and oxygen atoms in total. The molecule has 0 amide bonds. The van der Waals surface area contributed by atoms with Gasteiger partial charge in [0.25, 0.3) is 0 Å². The Balaban J connectivity index is 3.19. The summed E-state index contributed by atoms with van der Waals surface area (Å²) in [4.78, 5) is 18.3. The van der Waals surface area contributed by atoms with E-state index < -0.39 is 5.97 Å². The summed E-state index contributed by atoms with van der Waals surface area (Å²) >= 11 is 0. The largest absolute Gasteiger partial charge is 0.352 e. The molecule has 0 fully saturated rings. The molecule has 0 heterocycles. The summed E-state index contributed by atoms with van der Waals surface area (Å²) in [6.07, 6.45) is 4.22. The monoisotopic (exact) mass is 128 g/mol. The van der Waals surface area contributed by atoms with E-state index in [0.29, 0.717) is 0 Å². The highest BCUT2D eigenvalue weighted by Crippen LogP contribution is 1.81. The number of hydrogen-bond acceptors (Lipinski definition) is 3. The van der Waals surface area contributed by atoms with E-state index in [9.17, 15) is 4.79 Å². The lowest BCUT2D eigenvalue weighted by Gasteiger charge is -1.92. The van der Waals surface area contributed by atoms with E-state index >= 15 is 0 Å². The van der Waals surface area contributed by atoms with Gasteiger partial charge in [0, 0.05) is 6.92 Å². The van der Waals surface area contributed by atoms with Crippen molar-refractivity contribution in [1.82, 2.24) is 0 Å². The number of carbonyl (C=O) groups is 1. The van der Waals surface area contributed by atoms with E-state index in [0.717, 1.165) is 0 Å². The Labute approximate surface area is 53.5 Å². The van der Waals surface area contributed by atoms with Gasteiger partial charge in [-0.1, -0.05) is 12.7 Å². The Morgan fingerprint density at radius 1 is 1.67 bits per heavy atom. The molecule has 0 N–H and O–H groups in total. The van der Waals surface area contributed by atoms with E-state index in [4.69, 9.17) is 0 Å². The summed E-state index contributed by atoms with van der Waals surface area (Å²) in [6.45, 7) is 4.62. The molecular formula is C6H8O3. The van der Waals surface area contributed by atoms with Gasteiger partial charge in [-0.15, -0.1) is 0 Å². The SMILES string of the molecule is C=CC=COOC(C)=O. The molecular weight excluding hydrogens is 120 g/mol. The van der Waals surface area contributed by atoms with E-state index in [1.54, 1.807) is 0 Å². The highest BCUT2D eigenvalue weighted by atomic mass is 17.2. The van der Waals surface area contributed by atoms with Gasteiger partial charge >= 0.3 is 5.97 Å². The summed E-state index contributed by atoms with van der Waals surface area (Å²) in [5.74, 6) is -0.483. The molecule has 0 aromatic heterocycles. The Bertz CT molecular complexity index is 126. The molecule has 0 bridgehead atoms. The molecule has 0 radical (unpaired) electrons. The van der Waals surface area contributed by atoms with E-state index in [1.807, 2.05) is 0 Å². The Morgan fingerprint density at radius 3 is 2.78 bits per heavy atom. The predicted molar refractivity (Wildman–Crippen MR) is 32.2 cm³/mol. The maximum Gasteiger partial charge on any atom is 0.352 e. The molecule has 0 aliphatic carbocycles. The molecule has 0 aromatic rings. The fourth-order valence-corrected chi connectivity index (χ4v) is 0.183. The fourth-order valence-electron chi connectivity index (χ4n) is 0.183. The average molecular weight is 128 g/mol. The topological polar surface area (TPSA) is 35.5 Å². The lowest BCUT2D eigenvalue weighted by Crippen LogP contribution is -1.94. The van der Waals surface area contributed by atoms with Crippen molar-refractivity contribution >= 4 is 5.97 Å². The highest BCUT2D eigenvalue weighted by molar-refractivity contribution is 5.65. The first-order valence-electron chi connectivity index (χ1n) is 2.39. The van der Waals surface area contributed by atoms with Crippen LogP contribution in [0, 0.1) is 0 Å². The summed E-state index contributed by atoms with van der Waals surface area (Å²) < 4.78 is 0. The van der Waals surface area contributed by atoms with Crippen LogP contribution in [0.3, 0.4) is 0 Å². The van der Waals surface area contributed by atoms with Gasteiger partial charge in [0.2, 0.25) is 0 Å². The van der Waals surface area contributed by atoms with Crippen LogP contribution < -0.4 is 0 Å². The standard InChI is InChI=1S/C6H8O3/c1-3-4-5-8-9-6(2)7/h3-5H,1H2,2H3. The van der Waals surface area contributed by atoms with Crippen LogP contribution in [-0.2, 0) is 14.6 Å². The van der Waals surface area contributed by atoms with Crippen LogP contribution in [0.15, 0.2) is 25.0 Å². The molecule has 50 valence electrons. The minimum absolute atomic E-state index is 0.483. The molecule has 0 spiro atoms. The molecule has 0 aromatic carbocycles. The Kier molecular flexibility index (Phi) is 4.22. The summed E-state index contributed by atoms with van der Waals surface area (Å²) in [6, 6.07) is 0. The minimum atomic E-state index is -0.483. The predicted octanol–water partition coefficient (Wildman–Crippen LogP) is 1.18. The molecule has 3 heteroatoms. The van der Waals surface area contributed by atoms with Crippen LogP contribution in [0.5, 0.6) is 0 Å². The van der Waals surface area contributed by atoms with Gasteiger partial charge in [0.1, 0.15) is 6.26 Å². The molecule has 0 unspecified atom stereocenters. The van der Waals surface area contributed by atoms with E-state index in [-0.39, 0.29) is 0 Å². The van der Waals surface area contributed by atoms with Crippen molar-refractivity contribution < 1.29 is 14.6 Å². The fraction of sp³-hybridized carbons (Fsp3) is 0.167. The first-order valence-corrected chi connectivity index (χ1v) is 2.39. The molecule has 0 saturated carbocycles. The van der Waals surface area contributed by atoms with Crippen molar-refractivity contribution in [2.45, 2.75) is 6.92 Å². The molecule has 0 saturated heterocycles. The van der Waals surface area contributed by atoms with Gasteiger partial charge in [-0.2, -0.15) is 0 Å². The maximum atomic E-state index is 10.00. The van der Waals surface area contributed by atoms with E-state index in [1.165, 1.54) is 25.3 Å². The number of hydrogen-bond donors (Lipinski definition) is 0. The van der Waals surface area contributed by atoms with Crippen LogP contribution >= 0.6 is 0 Å². The van der Waals surface area contributed by atoms with Crippen LogP contribution in [0.1, 0.15) is 6.92 Å². The molecule has 9 heavy (non-hydrogen) atoms. The second-order valence-electron chi connectivity index (χ2n) is 1.24. The average Bonchev–Trinajstić information content (AvgIpc) is 1.80. The second kappa shape index (κ2) is 4.90. The van der Waals surface area contributed by atoms with Crippen molar-refractivity contribution in [3.8, 4) is 0 Å². The van der Waals surface area contributed by atoms with Gasteiger partial charge in [-0.25, -0.2) is 4.79 Å². The Hall–Kier alpha value is -1.25. The molecule has 0 aliphatic rings. The van der Waals surface area contributed by atoms with Gasteiger partial charge in [0.15, 0.2) is 0 Å². The number of carbonyl (C=O) groups excluding carboxylic acids is 1. The third-order valence-corrected chi connectivity index (χ3v) is 0.436. The third-order valence-electron chi connectivity index (χ3n) is 0.436. The maximum absolute atomic E-state index is 10.00. The van der Waals surface area contributed by atoms with Crippen molar-refractivity contribution in [3.05, 3.63) is 25.0 Å². The van der Waals surface area contributed by atoms with Gasteiger partial charge in [-0.05, 0) is 6.08 Å². The van der Waals surface area contributed by atoms with E-state index in [2.05, 4.69) is 16.4 Å². The number of rotatable bonds is 3. The summed E-state index contributed by atoms with van der Waals surface area (Å²) in [7, 11) is 0. The van der Waals surface area contributed by atoms with Crippen LogP contribution in [-0.4, -0.2) is 5.97 Å². The lowest BCUT2D eigenvalue weighted by molar-refractivity contribution is -0.235. The van der Waals surface area contributed by atoms with Crippen LogP contribution in [0.2, 0.25) is 0 Å². The summed E-state index contributed by atoms with van der Waals surface area (Å²) in [5.41, 5.74) is 0. The first-order chi connectivity index (χ1) is 4.27. The van der Waals surface area contributed by atoms with Crippen LogP contribution in [0.25, 0.3) is 0 Å². The lowest BCUT2D eigenvalue weighted by atomic mass is 10.6. The molecule has 0 rings (SSSR count).